The Kier molecular flexibility index (Phi) is 6.99. The summed E-state index contributed by atoms with van der Waals surface area (Å²) in [5, 5.41) is 12.6. The summed E-state index contributed by atoms with van der Waals surface area (Å²) >= 11 is 7.38. The second-order valence-corrected chi connectivity index (χ2v) is 8.39. The van der Waals surface area contributed by atoms with Crippen molar-refractivity contribution in [2.45, 2.75) is 31.0 Å². The van der Waals surface area contributed by atoms with Crippen molar-refractivity contribution in [2.75, 3.05) is 24.2 Å². The quantitative estimate of drug-likeness (QED) is 0.439. The molecular formula is C21H23ClN6OS. The second-order valence-electron chi connectivity index (χ2n) is 7.09. The number of nitrogens with one attached hydrogen (secondary N) is 1. The molecule has 0 saturated carbocycles. The number of nitrogens with zero attached hydrogens (tertiary/aromatic N) is 5. The zero-order chi connectivity index (χ0) is 20.8. The number of anilines is 1. The Hall–Kier alpha value is -2.42. The first-order valence-corrected chi connectivity index (χ1v) is 11.3. The van der Waals surface area contributed by atoms with E-state index in [1.165, 1.54) is 31.0 Å². The van der Waals surface area contributed by atoms with Gasteiger partial charge in [0.25, 0.3) is 0 Å². The van der Waals surface area contributed by atoms with Gasteiger partial charge in [0.1, 0.15) is 0 Å². The number of thioether (sulfide) groups is 1. The molecule has 156 valence electrons. The van der Waals surface area contributed by atoms with E-state index in [2.05, 4.69) is 25.4 Å². The Morgan fingerprint density at radius 3 is 2.63 bits per heavy atom. The Labute approximate surface area is 184 Å². The lowest BCUT2D eigenvalue weighted by molar-refractivity contribution is -0.113. The molecule has 0 atom stereocenters. The minimum absolute atomic E-state index is 0.171. The molecule has 1 aliphatic heterocycles. The number of piperidine rings is 1. The molecule has 0 bridgehead atoms. The molecule has 3 aromatic rings. The fraction of sp³-hybridized carbons (Fsp3) is 0.333. The zero-order valence-electron chi connectivity index (χ0n) is 16.5. The smallest absolute Gasteiger partial charge is 0.234 e. The van der Waals surface area contributed by atoms with Crippen LogP contribution in [0.5, 0.6) is 0 Å². The Morgan fingerprint density at radius 2 is 1.87 bits per heavy atom. The molecule has 4 rings (SSSR count). The minimum Gasteiger partial charge on any atom is -0.323 e. The van der Waals surface area contributed by atoms with E-state index >= 15 is 0 Å². The van der Waals surface area contributed by atoms with Crippen LogP contribution in [0.15, 0.2) is 53.8 Å². The molecule has 30 heavy (non-hydrogen) atoms. The lowest BCUT2D eigenvalue weighted by Crippen LogP contribution is -2.30. The highest BCUT2D eigenvalue weighted by Gasteiger charge is 2.19. The Bertz CT molecular complexity index is 990. The summed E-state index contributed by atoms with van der Waals surface area (Å²) in [5.41, 5.74) is 1.49. The number of carbonyl (C=O) groups excluding carboxylic acids is 1. The van der Waals surface area contributed by atoms with E-state index in [-0.39, 0.29) is 16.8 Å². The molecule has 0 spiro atoms. The van der Waals surface area contributed by atoms with Crippen LogP contribution in [0.25, 0.3) is 5.69 Å². The van der Waals surface area contributed by atoms with Crippen molar-refractivity contribution < 1.29 is 4.79 Å². The van der Waals surface area contributed by atoms with E-state index in [0.29, 0.717) is 10.8 Å². The minimum atomic E-state index is -0.171. The van der Waals surface area contributed by atoms with Gasteiger partial charge in [0.15, 0.2) is 16.1 Å². The number of pyridine rings is 1. The fourth-order valence-electron chi connectivity index (χ4n) is 3.45. The van der Waals surface area contributed by atoms with Gasteiger partial charge in [-0.05, 0) is 50.2 Å². The van der Waals surface area contributed by atoms with E-state index in [9.17, 15) is 4.79 Å². The first kappa shape index (κ1) is 20.8. The standard InChI is InChI=1S/C21H23ClN6OS/c22-20-17(10-7-11-23-20)24-19(29)15-30-21-26-25-18(14-27-12-5-2-6-13-27)28(21)16-8-3-1-4-9-16/h1,3-4,7-11H,2,5-6,12-15H2,(H,24,29). The maximum absolute atomic E-state index is 12.4. The molecule has 1 aliphatic rings. The van der Waals surface area contributed by atoms with Crippen molar-refractivity contribution in [1.82, 2.24) is 24.6 Å². The molecule has 1 fully saturated rings. The molecule has 1 saturated heterocycles. The van der Waals surface area contributed by atoms with Gasteiger partial charge in [-0.2, -0.15) is 0 Å². The van der Waals surface area contributed by atoms with Crippen LogP contribution in [0, 0.1) is 0 Å². The van der Waals surface area contributed by atoms with E-state index in [1.54, 1.807) is 18.3 Å². The molecule has 1 N–H and O–H groups in total. The average molecular weight is 443 g/mol. The van der Waals surface area contributed by atoms with E-state index in [0.717, 1.165) is 31.1 Å². The number of amides is 1. The number of likely N-dealkylation sites (tertiary alicyclic amines) is 1. The van der Waals surface area contributed by atoms with Crippen molar-refractivity contribution >= 4 is 35.0 Å². The SMILES string of the molecule is O=C(CSc1nnc(CN2CCCCC2)n1-c1ccccc1)Nc1cccnc1Cl. The van der Waals surface area contributed by atoms with Gasteiger partial charge < -0.3 is 5.32 Å². The predicted molar refractivity (Wildman–Crippen MR) is 119 cm³/mol. The van der Waals surface area contributed by atoms with Crippen LogP contribution in [0.1, 0.15) is 25.1 Å². The third-order valence-corrected chi connectivity index (χ3v) is 6.12. The molecule has 3 heterocycles. The van der Waals surface area contributed by atoms with E-state index in [4.69, 9.17) is 11.6 Å². The van der Waals surface area contributed by atoms with E-state index in [1.807, 2.05) is 34.9 Å². The fourth-order valence-corrected chi connectivity index (χ4v) is 4.38. The highest BCUT2D eigenvalue weighted by Crippen LogP contribution is 2.24. The molecule has 1 aromatic carbocycles. The van der Waals surface area contributed by atoms with Crippen LogP contribution >= 0.6 is 23.4 Å². The predicted octanol–water partition coefficient (Wildman–Crippen LogP) is 4.03. The van der Waals surface area contributed by atoms with Crippen molar-refractivity contribution in [2.24, 2.45) is 0 Å². The second kappa shape index (κ2) is 10.1. The topological polar surface area (TPSA) is 75.9 Å². The van der Waals surface area contributed by atoms with Crippen molar-refractivity contribution in [3.63, 3.8) is 0 Å². The summed E-state index contributed by atoms with van der Waals surface area (Å²) in [6.07, 6.45) is 5.31. The number of benzene rings is 1. The van der Waals surface area contributed by atoms with Crippen LogP contribution in [-0.4, -0.2) is 49.4 Å². The van der Waals surface area contributed by atoms with Gasteiger partial charge in [0.05, 0.1) is 18.0 Å². The molecule has 0 aliphatic carbocycles. The third kappa shape index (κ3) is 5.19. The van der Waals surface area contributed by atoms with Gasteiger partial charge >= 0.3 is 0 Å². The number of aromatic nitrogens is 4. The molecule has 0 radical (unpaired) electrons. The summed E-state index contributed by atoms with van der Waals surface area (Å²) in [6, 6.07) is 13.5. The van der Waals surface area contributed by atoms with Crippen molar-refractivity contribution in [3.8, 4) is 5.69 Å². The lowest BCUT2D eigenvalue weighted by atomic mass is 10.1. The van der Waals surface area contributed by atoms with Crippen molar-refractivity contribution in [1.29, 1.82) is 0 Å². The number of rotatable bonds is 7. The largest absolute Gasteiger partial charge is 0.323 e. The summed E-state index contributed by atoms with van der Waals surface area (Å²) < 4.78 is 2.05. The molecule has 1 amide bonds. The maximum Gasteiger partial charge on any atom is 0.234 e. The average Bonchev–Trinajstić information content (AvgIpc) is 3.17. The summed E-state index contributed by atoms with van der Waals surface area (Å²) in [4.78, 5) is 18.8. The highest BCUT2D eigenvalue weighted by molar-refractivity contribution is 7.99. The van der Waals surface area contributed by atoms with Gasteiger partial charge in [0.2, 0.25) is 5.91 Å². The van der Waals surface area contributed by atoms with E-state index < -0.39 is 0 Å². The number of carbonyl (C=O) groups is 1. The Balaban J connectivity index is 1.49. The third-order valence-electron chi connectivity index (χ3n) is 4.89. The van der Waals surface area contributed by atoms with Gasteiger partial charge in [-0.15, -0.1) is 10.2 Å². The van der Waals surface area contributed by atoms with Crippen molar-refractivity contribution in [3.05, 3.63) is 59.6 Å². The van der Waals surface area contributed by atoms with Gasteiger partial charge in [-0.25, -0.2) is 4.98 Å². The van der Waals surface area contributed by atoms with Gasteiger partial charge in [-0.1, -0.05) is 48.0 Å². The molecular weight excluding hydrogens is 420 g/mol. The maximum atomic E-state index is 12.4. The number of halogens is 1. The highest BCUT2D eigenvalue weighted by atomic mass is 35.5. The molecule has 7 nitrogen and oxygen atoms in total. The first-order valence-electron chi connectivity index (χ1n) is 9.96. The van der Waals surface area contributed by atoms with Crippen LogP contribution in [0.2, 0.25) is 5.15 Å². The normalized spacial score (nSPS) is 14.6. The zero-order valence-corrected chi connectivity index (χ0v) is 18.1. The number of hydrogen-bond donors (Lipinski definition) is 1. The van der Waals surface area contributed by atoms with Crippen LogP contribution in [0.4, 0.5) is 5.69 Å². The first-order chi connectivity index (χ1) is 14.7. The summed E-state index contributed by atoms with van der Waals surface area (Å²) in [7, 11) is 0. The monoisotopic (exact) mass is 442 g/mol. The van der Waals surface area contributed by atoms with Crippen LogP contribution in [0.3, 0.4) is 0 Å². The van der Waals surface area contributed by atoms with Gasteiger partial charge in [-0.3, -0.25) is 14.3 Å². The van der Waals surface area contributed by atoms with Gasteiger partial charge in [0, 0.05) is 11.9 Å². The van der Waals surface area contributed by atoms with Crippen LogP contribution in [-0.2, 0) is 11.3 Å². The molecule has 2 aromatic heterocycles. The summed E-state index contributed by atoms with van der Waals surface area (Å²) in [5.74, 6) is 0.913. The number of hydrogen-bond acceptors (Lipinski definition) is 6. The Morgan fingerprint density at radius 1 is 1.07 bits per heavy atom. The van der Waals surface area contributed by atoms with Crippen LogP contribution < -0.4 is 5.32 Å². The summed E-state index contributed by atoms with van der Waals surface area (Å²) in [6.45, 7) is 2.91. The molecule has 9 heteroatoms. The molecule has 0 unspecified atom stereocenters. The lowest BCUT2D eigenvalue weighted by Gasteiger charge is -2.26. The number of para-hydroxylation sites is 1.